The van der Waals surface area contributed by atoms with Crippen molar-refractivity contribution in [2.45, 2.75) is 29.9 Å². The Labute approximate surface area is 98.8 Å². The Hall–Kier alpha value is -0.340. The lowest BCUT2D eigenvalue weighted by Crippen LogP contribution is -2.25. The third-order valence-corrected chi connectivity index (χ3v) is 6.06. The van der Waals surface area contributed by atoms with E-state index in [4.69, 9.17) is 0 Å². The Morgan fingerprint density at radius 3 is 2.60 bits per heavy atom. The fourth-order valence-corrected chi connectivity index (χ4v) is 5.39. The number of quaternary nitrogens is 1. The number of hydrogen-bond acceptors (Lipinski definition) is 0. The van der Waals surface area contributed by atoms with Crippen LogP contribution < -0.4 is 0 Å². The van der Waals surface area contributed by atoms with Crippen molar-refractivity contribution in [3.8, 4) is 0 Å². The van der Waals surface area contributed by atoms with Gasteiger partial charge in [-0.05, 0) is 0 Å². The molecule has 0 radical (unpaired) electrons. The molecule has 15 heavy (non-hydrogen) atoms. The van der Waals surface area contributed by atoms with Crippen LogP contribution in [0.15, 0.2) is 30.3 Å². The first-order valence-electron chi connectivity index (χ1n) is 5.86. The van der Waals surface area contributed by atoms with Gasteiger partial charge in [0.1, 0.15) is 12.6 Å². The molecule has 4 bridgehead atoms. The highest BCUT2D eigenvalue weighted by Crippen LogP contribution is 2.64. The second kappa shape index (κ2) is 2.67. The van der Waals surface area contributed by atoms with E-state index in [2.05, 4.69) is 46.3 Å². The van der Waals surface area contributed by atoms with Crippen molar-refractivity contribution in [3.63, 3.8) is 0 Å². The second-order valence-corrected chi connectivity index (χ2v) is 6.48. The predicted molar refractivity (Wildman–Crippen MR) is 63.7 cm³/mol. The molecule has 2 heteroatoms. The van der Waals surface area contributed by atoms with E-state index in [1.54, 1.807) is 0 Å². The molecule has 78 valence electrons. The third-order valence-electron chi connectivity index (χ3n) is 4.77. The van der Waals surface area contributed by atoms with Gasteiger partial charge >= 0.3 is 0 Å². The molecule has 3 saturated heterocycles. The van der Waals surface area contributed by atoms with E-state index in [-0.39, 0.29) is 0 Å². The van der Waals surface area contributed by atoms with Crippen LogP contribution in [0.1, 0.15) is 12.0 Å². The highest BCUT2D eigenvalue weighted by atomic mass is 79.9. The van der Waals surface area contributed by atoms with Gasteiger partial charge in [0, 0.05) is 17.9 Å². The molecule has 3 heterocycles. The molecule has 4 aliphatic rings. The normalized spacial score (nSPS) is 49.7. The van der Waals surface area contributed by atoms with Crippen molar-refractivity contribution in [2.24, 2.45) is 5.92 Å². The topological polar surface area (TPSA) is 0 Å². The van der Waals surface area contributed by atoms with Crippen molar-refractivity contribution in [3.05, 3.63) is 35.9 Å². The monoisotopic (exact) mass is 264 g/mol. The molecule has 4 fully saturated rings. The summed E-state index contributed by atoms with van der Waals surface area (Å²) in [7, 11) is 0. The smallest absolute Gasteiger partial charge is 0.155 e. The van der Waals surface area contributed by atoms with E-state index in [0.29, 0.717) is 0 Å². The zero-order valence-corrected chi connectivity index (χ0v) is 10.2. The maximum Gasteiger partial charge on any atom is 0.155 e. The number of benzene rings is 1. The Kier molecular flexibility index (Phi) is 1.56. The molecule has 0 unspecified atom stereocenters. The van der Waals surface area contributed by atoms with E-state index in [9.17, 15) is 0 Å². The van der Waals surface area contributed by atoms with Crippen molar-refractivity contribution in [1.29, 1.82) is 0 Å². The Morgan fingerprint density at radius 2 is 2.07 bits per heavy atom. The maximum absolute atomic E-state index is 3.89. The van der Waals surface area contributed by atoms with Gasteiger partial charge in [-0.2, -0.15) is 0 Å². The van der Waals surface area contributed by atoms with Crippen LogP contribution in [-0.2, 0) is 6.54 Å². The van der Waals surface area contributed by atoms with Gasteiger partial charge in [0.2, 0.25) is 0 Å². The van der Waals surface area contributed by atoms with Gasteiger partial charge in [0.15, 0.2) is 6.04 Å². The molecule has 5 atom stereocenters. The van der Waals surface area contributed by atoms with E-state index >= 15 is 0 Å². The summed E-state index contributed by atoms with van der Waals surface area (Å²) in [6.45, 7) is 2.70. The molecular formula is C13H15BrN+. The van der Waals surface area contributed by atoms with E-state index in [1.807, 2.05) is 0 Å². The molecule has 0 spiro atoms. The van der Waals surface area contributed by atoms with E-state index in [1.165, 1.54) is 29.6 Å². The quantitative estimate of drug-likeness (QED) is 0.438. The third kappa shape index (κ3) is 0.974. The van der Waals surface area contributed by atoms with Crippen molar-refractivity contribution in [1.82, 2.24) is 0 Å². The average molecular weight is 265 g/mol. The SMILES string of the molecule is Br[C@@H]1[C@H]2C[C@H]3[C@H]1[N@+]3(Cc1ccccc1)C2. The summed E-state index contributed by atoms with van der Waals surface area (Å²) in [4.78, 5) is 0.825. The molecule has 5 rings (SSSR count). The van der Waals surface area contributed by atoms with Gasteiger partial charge in [-0.1, -0.05) is 46.3 Å². The number of nitrogens with zero attached hydrogens (tertiary/aromatic N) is 1. The first-order valence-corrected chi connectivity index (χ1v) is 6.77. The highest BCUT2D eigenvalue weighted by Gasteiger charge is 2.81. The summed E-state index contributed by atoms with van der Waals surface area (Å²) in [5.74, 6) is 0.976. The number of halogens is 1. The molecule has 1 aromatic carbocycles. The van der Waals surface area contributed by atoms with E-state index in [0.717, 1.165) is 22.8 Å². The maximum atomic E-state index is 3.89. The lowest BCUT2D eigenvalue weighted by Gasteiger charge is -2.15. The lowest BCUT2D eigenvalue weighted by atomic mass is 10.1. The highest BCUT2D eigenvalue weighted by molar-refractivity contribution is 9.09. The van der Waals surface area contributed by atoms with Crippen LogP contribution in [0.5, 0.6) is 0 Å². The summed E-state index contributed by atoms with van der Waals surface area (Å²) < 4.78 is 1.41. The first kappa shape index (κ1) is 8.77. The van der Waals surface area contributed by atoms with Crippen LogP contribution in [0.4, 0.5) is 0 Å². The number of rotatable bonds is 2. The summed E-state index contributed by atoms with van der Waals surface area (Å²) >= 11 is 3.89. The largest absolute Gasteiger partial charge is 0.304 e. The van der Waals surface area contributed by atoms with Crippen molar-refractivity contribution in [2.75, 3.05) is 6.54 Å². The minimum absolute atomic E-state index is 0.825. The van der Waals surface area contributed by atoms with Gasteiger partial charge in [0.05, 0.1) is 11.4 Å². The summed E-state index contributed by atoms with van der Waals surface area (Å²) in [6.07, 6.45) is 1.48. The molecule has 0 aromatic heterocycles. The zero-order chi connectivity index (χ0) is 10.0. The molecule has 1 nitrogen and oxygen atoms in total. The molecular weight excluding hydrogens is 250 g/mol. The van der Waals surface area contributed by atoms with E-state index < -0.39 is 0 Å². The average Bonchev–Trinajstić information content (AvgIpc) is 2.55. The fourth-order valence-electron chi connectivity index (χ4n) is 4.18. The standard InChI is InChI=1S/C13H15BrN/c14-12-10-6-11-13(12)15(11,8-10)7-9-4-2-1-3-5-9/h1-5,10-13H,6-8H2/q+1/t10-,11-,12+,13+,15+/m0/s1. The van der Waals surface area contributed by atoms with Gasteiger partial charge in [-0.25, -0.2) is 0 Å². The van der Waals surface area contributed by atoms with Gasteiger partial charge in [0.25, 0.3) is 0 Å². The molecule has 1 saturated carbocycles. The van der Waals surface area contributed by atoms with Crippen molar-refractivity contribution >= 4 is 15.9 Å². The Morgan fingerprint density at radius 1 is 1.27 bits per heavy atom. The number of piperidine rings is 3. The summed E-state index contributed by atoms with van der Waals surface area (Å²) in [6, 6.07) is 13.0. The fraction of sp³-hybridized carbons (Fsp3) is 0.538. The summed E-state index contributed by atoms with van der Waals surface area (Å²) in [5.41, 5.74) is 1.52. The molecule has 1 aromatic rings. The van der Waals surface area contributed by atoms with Crippen LogP contribution in [0, 0.1) is 5.92 Å². The van der Waals surface area contributed by atoms with Gasteiger partial charge < -0.3 is 4.48 Å². The van der Waals surface area contributed by atoms with Gasteiger partial charge in [-0.15, -0.1) is 0 Å². The van der Waals surface area contributed by atoms with Crippen LogP contribution in [-0.4, -0.2) is 27.9 Å². The molecule has 0 amide bonds. The zero-order valence-electron chi connectivity index (χ0n) is 8.64. The molecule has 1 aliphatic carbocycles. The van der Waals surface area contributed by atoms with Gasteiger partial charge in [-0.3, -0.25) is 0 Å². The number of hydrogen-bond donors (Lipinski definition) is 0. The second-order valence-electron chi connectivity index (χ2n) is 5.43. The summed E-state index contributed by atoms with van der Waals surface area (Å²) in [5, 5.41) is 0. The van der Waals surface area contributed by atoms with Crippen LogP contribution in [0.2, 0.25) is 0 Å². The molecule has 0 N–H and O–H groups in total. The lowest BCUT2D eigenvalue weighted by molar-refractivity contribution is -0.823. The van der Waals surface area contributed by atoms with Crippen molar-refractivity contribution < 1.29 is 4.48 Å². The minimum Gasteiger partial charge on any atom is -0.304 e. The number of alkyl halides is 1. The first-order chi connectivity index (χ1) is 7.31. The Balaban J connectivity index is 1.63. The molecule has 3 aliphatic heterocycles. The van der Waals surface area contributed by atoms with Crippen LogP contribution >= 0.6 is 15.9 Å². The van der Waals surface area contributed by atoms with Crippen LogP contribution in [0.25, 0.3) is 0 Å². The predicted octanol–water partition coefficient (Wildman–Crippen LogP) is 2.55. The Bertz CT molecular complexity index is 404. The van der Waals surface area contributed by atoms with Crippen LogP contribution in [0.3, 0.4) is 0 Å². The minimum atomic E-state index is 0.825.